The summed E-state index contributed by atoms with van der Waals surface area (Å²) >= 11 is 2.18. The van der Waals surface area contributed by atoms with Gasteiger partial charge in [0.05, 0.1) is 0 Å². The van der Waals surface area contributed by atoms with E-state index in [9.17, 15) is 0 Å². The molecule has 1 saturated carbocycles. The summed E-state index contributed by atoms with van der Waals surface area (Å²) in [6, 6.07) is 0.555. The maximum absolute atomic E-state index is 8.95. The van der Waals surface area contributed by atoms with Crippen LogP contribution in [0.3, 0.4) is 0 Å². The van der Waals surface area contributed by atoms with Crippen LogP contribution >= 0.6 is 22.9 Å². The second-order valence-corrected chi connectivity index (χ2v) is 3.57. The van der Waals surface area contributed by atoms with Crippen molar-refractivity contribution >= 4 is 22.9 Å². The number of halogens is 1. The highest BCUT2D eigenvalue weighted by Crippen LogP contribution is 2.24. The van der Waals surface area contributed by atoms with Gasteiger partial charge in [0.2, 0.25) is 0 Å². The van der Waals surface area contributed by atoms with E-state index in [-0.39, 0.29) is 0 Å². The van der Waals surface area contributed by atoms with Crippen LogP contribution in [0, 0.1) is 5.92 Å². The highest BCUT2D eigenvalue weighted by Gasteiger charge is 2.22. The lowest BCUT2D eigenvalue weighted by molar-refractivity contribution is 0.167. The Bertz CT molecular complexity index is 87.6. The maximum atomic E-state index is 8.95. The Morgan fingerprint density at radius 2 is 2.10 bits per heavy atom. The molecule has 2 atom stereocenters. The molecule has 2 N–H and O–H groups in total. The van der Waals surface area contributed by atoms with Gasteiger partial charge in [0.15, 0.2) is 0 Å². The fraction of sp³-hybridized carbons (Fsp3) is 1.00. The largest absolute Gasteiger partial charge is 0.396 e. The predicted molar refractivity (Wildman–Crippen MR) is 50.0 cm³/mol. The van der Waals surface area contributed by atoms with Gasteiger partial charge in [-0.05, 0) is 18.8 Å². The fourth-order valence-corrected chi connectivity index (χ4v) is 2.39. The molecule has 0 saturated heterocycles. The summed E-state index contributed by atoms with van der Waals surface area (Å²) in [5.41, 5.74) is 0. The third-order valence-corrected chi connectivity index (χ3v) is 3.08. The Labute approximate surface area is 75.9 Å². The number of hydrogen-bond acceptors (Lipinski definition) is 2. The predicted octanol–water partition coefficient (Wildman–Crippen LogP) is 1.48. The molecule has 60 valence electrons. The second-order valence-electron chi connectivity index (χ2n) is 2.94. The van der Waals surface area contributed by atoms with E-state index in [0.717, 1.165) is 0 Å². The van der Waals surface area contributed by atoms with Gasteiger partial charge >= 0.3 is 0 Å². The molecule has 3 heteroatoms. The lowest BCUT2D eigenvalue weighted by Crippen LogP contribution is -2.34. The van der Waals surface area contributed by atoms with E-state index in [1.54, 1.807) is 0 Å². The molecule has 0 aromatic heterocycles. The molecule has 0 aromatic carbocycles. The molecule has 1 fully saturated rings. The first-order valence-corrected chi connectivity index (χ1v) is 4.93. The molecule has 0 aliphatic heterocycles. The van der Waals surface area contributed by atoms with E-state index in [1.165, 1.54) is 25.7 Å². The van der Waals surface area contributed by atoms with E-state index in [1.807, 2.05) is 0 Å². The zero-order valence-electron chi connectivity index (χ0n) is 6.02. The van der Waals surface area contributed by atoms with E-state index in [4.69, 9.17) is 5.11 Å². The van der Waals surface area contributed by atoms with Crippen molar-refractivity contribution in [1.29, 1.82) is 0 Å². The first-order valence-electron chi connectivity index (χ1n) is 3.85. The monoisotopic (exact) mass is 255 g/mol. The summed E-state index contributed by atoms with van der Waals surface area (Å²) in [4.78, 5) is 0. The Kier molecular flexibility index (Phi) is 3.95. The summed E-state index contributed by atoms with van der Waals surface area (Å²) in [5, 5.41) is 8.95. The normalized spacial score (nSPS) is 34.2. The minimum atomic E-state index is 0.348. The van der Waals surface area contributed by atoms with Crippen LogP contribution in [0.1, 0.15) is 25.7 Å². The van der Waals surface area contributed by atoms with Gasteiger partial charge in [-0.2, -0.15) is 0 Å². The molecule has 10 heavy (non-hydrogen) atoms. The van der Waals surface area contributed by atoms with Gasteiger partial charge in [0.1, 0.15) is 0 Å². The van der Waals surface area contributed by atoms with Gasteiger partial charge in [0, 0.05) is 35.5 Å². The molecule has 1 aliphatic rings. The zero-order chi connectivity index (χ0) is 7.40. The van der Waals surface area contributed by atoms with Crippen molar-refractivity contribution in [3.05, 3.63) is 0 Å². The Balaban J connectivity index is 2.34. The van der Waals surface area contributed by atoms with Crippen LogP contribution in [0.2, 0.25) is 0 Å². The number of nitrogens with one attached hydrogen (secondary N) is 1. The minimum Gasteiger partial charge on any atom is -0.396 e. The van der Waals surface area contributed by atoms with Crippen molar-refractivity contribution in [3.8, 4) is 0 Å². The van der Waals surface area contributed by atoms with Gasteiger partial charge in [-0.3, -0.25) is 3.53 Å². The van der Waals surface area contributed by atoms with Crippen molar-refractivity contribution in [2.45, 2.75) is 31.7 Å². The summed E-state index contributed by atoms with van der Waals surface area (Å²) in [5.74, 6) is 0.505. The summed E-state index contributed by atoms with van der Waals surface area (Å²) in [6.07, 6.45) is 5.03. The molecule has 0 heterocycles. The summed E-state index contributed by atoms with van der Waals surface area (Å²) in [7, 11) is 0. The summed E-state index contributed by atoms with van der Waals surface area (Å²) in [6.45, 7) is 0.348. The second kappa shape index (κ2) is 4.51. The number of aliphatic hydroxyl groups excluding tert-OH is 1. The van der Waals surface area contributed by atoms with Crippen molar-refractivity contribution in [2.75, 3.05) is 6.61 Å². The van der Waals surface area contributed by atoms with Gasteiger partial charge in [-0.15, -0.1) is 0 Å². The molecule has 0 spiro atoms. The molecule has 0 amide bonds. The molecule has 0 unspecified atom stereocenters. The first kappa shape index (κ1) is 8.74. The van der Waals surface area contributed by atoms with Crippen LogP contribution in [-0.2, 0) is 0 Å². The van der Waals surface area contributed by atoms with Gasteiger partial charge in [-0.1, -0.05) is 12.8 Å². The van der Waals surface area contributed by atoms with Crippen LogP contribution in [0.4, 0.5) is 0 Å². The summed E-state index contributed by atoms with van der Waals surface area (Å²) < 4.78 is 3.21. The van der Waals surface area contributed by atoms with Crippen LogP contribution in [-0.4, -0.2) is 17.8 Å². The lowest BCUT2D eigenvalue weighted by atomic mass is 9.86. The van der Waals surface area contributed by atoms with Crippen LogP contribution < -0.4 is 3.53 Å². The Hall–Kier alpha value is 0.650. The van der Waals surface area contributed by atoms with Crippen LogP contribution in [0.25, 0.3) is 0 Å². The minimum absolute atomic E-state index is 0.348. The maximum Gasteiger partial charge on any atom is 0.0474 e. The van der Waals surface area contributed by atoms with E-state index in [0.29, 0.717) is 18.6 Å². The van der Waals surface area contributed by atoms with Crippen molar-refractivity contribution in [2.24, 2.45) is 5.92 Å². The fourth-order valence-electron chi connectivity index (χ4n) is 1.57. The zero-order valence-corrected chi connectivity index (χ0v) is 8.17. The third-order valence-electron chi connectivity index (χ3n) is 2.28. The van der Waals surface area contributed by atoms with E-state index in [2.05, 4.69) is 26.4 Å². The SMILES string of the molecule is OC[C@@H]1CCCC[C@H]1NI. The Morgan fingerprint density at radius 1 is 1.40 bits per heavy atom. The molecule has 0 bridgehead atoms. The first-order chi connectivity index (χ1) is 4.88. The van der Waals surface area contributed by atoms with Gasteiger partial charge in [-0.25, -0.2) is 0 Å². The average Bonchev–Trinajstić information content (AvgIpc) is 2.04. The topological polar surface area (TPSA) is 32.3 Å². The molecule has 2 nitrogen and oxygen atoms in total. The molecule has 0 radical (unpaired) electrons. The van der Waals surface area contributed by atoms with Gasteiger partial charge in [0.25, 0.3) is 0 Å². The Morgan fingerprint density at radius 3 is 2.60 bits per heavy atom. The van der Waals surface area contributed by atoms with Crippen LogP contribution in [0.5, 0.6) is 0 Å². The molecule has 1 aliphatic carbocycles. The smallest absolute Gasteiger partial charge is 0.0474 e. The van der Waals surface area contributed by atoms with Crippen LogP contribution in [0.15, 0.2) is 0 Å². The van der Waals surface area contributed by atoms with Gasteiger partial charge < -0.3 is 5.11 Å². The molecule has 1 rings (SSSR count). The third kappa shape index (κ3) is 2.07. The molecule has 0 aromatic rings. The molecular formula is C7H14INO. The number of hydrogen-bond donors (Lipinski definition) is 2. The van der Waals surface area contributed by atoms with Crippen molar-refractivity contribution < 1.29 is 5.11 Å². The highest BCUT2D eigenvalue weighted by molar-refractivity contribution is 14.1. The number of rotatable bonds is 2. The standard InChI is InChI=1S/C7H14INO/c8-9-7-4-2-1-3-6(7)5-10/h6-7,9-10H,1-5H2/t6-,7+/m0/s1. The van der Waals surface area contributed by atoms with Crippen molar-refractivity contribution in [3.63, 3.8) is 0 Å². The van der Waals surface area contributed by atoms with Crippen molar-refractivity contribution in [1.82, 2.24) is 3.53 Å². The highest BCUT2D eigenvalue weighted by atomic mass is 127. The average molecular weight is 255 g/mol. The number of aliphatic hydroxyl groups is 1. The molecular weight excluding hydrogens is 241 g/mol. The van der Waals surface area contributed by atoms with E-state index < -0.39 is 0 Å². The quantitative estimate of drug-likeness (QED) is 0.578. The van der Waals surface area contributed by atoms with E-state index >= 15 is 0 Å². The lowest BCUT2D eigenvalue weighted by Gasteiger charge is -2.28.